The third-order valence-electron chi connectivity index (χ3n) is 7.78. The van der Waals surface area contributed by atoms with Crippen molar-refractivity contribution in [1.82, 2.24) is 20.5 Å². The molecule has 41 heavy (non-hydrogen) atoms. The number of piperidine rings is 1. The van der Waals surface area contributed by atoms with E-state index in [0.717, 1.165) is 68.1 Å². The number of benzene rings is 3. The van der Waals surface area contributed by atoms with E-state index in [2.05, 4.69) is 87.2 Å². The molecule has 2 heterocycles. The fraction of sp³-hybridized carbons (Fsp3) is 0.324. The van der Waals surface area contributed by atoms with Crippen LogP contribution in [0.5, 0.6) is 0 Å². The van der Waals surface area contributed by atoms with Crippen LogP contribution in [0.4, 0.5) is 0 Å². The van der Waals surface area contributed by atoms with E-state index in [0.29, 0.717) is 10.9 Å². The maximum Gasteiger partial charge on any atom is 0.175 e. The summed E-state index contributed by atoms with van der Waals surface area (Å²) in [6.45, 7) is 5.77. The van der Waals surface area contributed by atoms with E-state index >= 15 is 0 Å². The summed E-state index contributed by atoms with van der Waals surface area (Å²) in [5.41, 5.74) is 7.04. The molecule has 0 spiro atoms. The van der Waals surface area contributed by atoms with Crippen LogP contribution in [-0.4, -0.2) is 50.2 Å². The molecule has 5 rings (SSSR count). The van der Waals surface area contributed by atoms with Crippen LogP contribution in [0, 0.1) is 0 Å². The minimum atomic E-state index is -3.15. The Bertz CT molecular complexity index is 1470. The Morgan fingerprint density at radius 3 is 2.12 bits per heavy atom. The molecule has 0 aliphatic carbocycles. The Balaban J connectivity index is 1.01. The summed E-state index contributed by atoms with van der Waals surface area (Å²) in [7, 11) is -3.15. The van der Waals surface area contributed by atoms with Crippen LogP contribution in [0.15, 0.2) is 102 Å². The molecule has 0 radical (unpaired) electrons. The Labute approximate surface area is 244 Å². The number of aromatic nitrogens is 1. The first-order valence-electron chi connectivity index (χ1n) is 14.5. The number of hydrogen-bond acceptors (Lipinski definition) is 6. The largest absolute Gasteiger partial charge is 0.312 e. The number of nitrogens with one attached hydrogen (secondary N) is 2. The Morgan fingerprint density at radius 1 is 0.780 bits per heavy atom. The molecule has 1 aliphatic heterocycles. The molecule has 0 unspecified atom stereocenters. The maximum absolute atomic E-state index is 11.6. The summed E-state index contributed by atoms with van der Waals surface area (Å²) < 4.78 is 23.2. The average molecular weight is 569 g/mol. The van der Waals surface area contributed by atoms with Gasteiger partial charge in [0.1, 0.15) is 0 Å². The molecule has 6 nitrogen and oxygen atoms in total. The molecule has 7 heteroatoms. The molecule has 0 atom stereocenters. The summed E-state index contributed by atoms with van der Waals surface area (Å²) >= 11 is 0. The molecule has 0 amide bonds. The second kappa shape index (κ2) is 14.0. The molecule has 1 fully saturated rings. The molecular formula is C34H40N4O2S. The zero-order valence-corrected chi connectivity index (χ0v) is 24.6. The van der Waals surface area contributed by atoms with Crippen LogP contribution < -0.4 is 10.6 Å². The van der Waals surface area contributed by atoms with Crippen LogP contribution in [0.3, 0.4) is 0 Å². The van der Waals surface area contributed by atoms with Gasteiger partial charge in [-0.05, 0) is 79.3 Å². The Morgan fingerprint density at radius 2 is 1.46 bits per heavy atom. The Hall–Kier alpha value is -3.36. The summed E-state index contributed by atoms with van der Waals surface area (Å²) in [5, 5.41) is 7.21. The van der Waals surface area contributed by atoms with E-state index in [-0.39, 0.29) is 0 Å². The number of pyridine rings is 1. The van der Waals surface area contributed by atoms with Crippen molar-refractivity contribution in [3.63, 3.8) is 0 Å². The second-order valence-electron chi connectivity index (χ2n) is 11.0. The normalized spacial score (nSPS) is 14.8. The molecule has 2 N–H and O–H groups in total. The predicted octanol–water partition coefficient (Wildman–Crippen LogP) is 5.24. The van der Waals surface area contributed by atoms with Gasteiger partial charge in [0, 0.05) is 43.7 Å². The summed E-state index contributed by atoms with van der Waals surface area (Å²) in [4.78, 5) is 7.60. The topological polar surface area (TPSA) is 74.3 Å². The first-order chi connectivity index (χ1) is 19.9. The molecule has 4 aromatic rings. The van der Waals surface area contributed by atoms with Crippen LogP contribution in [0.2, 0.25) is 0 Å². The molecule has 0 saturated carbocycles. The van der Waals surface area contributed by atoms with Crippen molar-refractivity contribution in [2.75, 3.05) is 25.9 Å². The van der Waals surface area contributed by atoms with Gasteiger partial charge in [0.25, 0.3) is 0 Å². The Kier molecular flexibility index (Phi) is 9.96. The smallest absolute Gasteiger partial charge is 0.175 e. The highest BCUT2D eigenvalue weighted by Gasteiger charge is 2.18. The van der Waals surface area contributed by atoms with Crippen molar-refractivity contribution < 1.29 is 8.42 Å². The van der Waals surface area contributed by atoms with Crippen molar-refractivity contribution in [2.24, 2.45) is 0 Å². The fourth-order valence-corrected chi connectivity index (χ4v) is 5.89. The first kappa shape index (κ1) is 29.1. The lowest BCUT2D eigenvalue weighted by Gasteiger charge is -2.32. The predicted molar refractivity (Wildman–Crippen MR) is 166 cm³/mol. The number of sulfone groups is 1. The van der Waals surface area contributed by atoms with E-state index in [4.69, 9.17) is 0 Å². The lowest BCUT2D eigenvalue weighted by molar-refractivity contribution is 0.190. The summed E-state index contributed by atoms with van der Waals surface area (Å²) in [5.74, 6) is 0. The van der Waals surface area contributed by atoms with Crippen molar-refractivity contribution in [3.05, 3.63) is 119 Å². The van der Waals surface area contributed by atoms with Crippen molar-refractivity contribution >= 4 is 9.84 Å². The third kappa shape index (κ3) is 8.81. The minimum Gasteiger partial charge on any atom is -0.312 e. The van der Waals surface area contributed by atoms with Crippen LogP contribution >= 0.6 is 0 Å². The first-order valence-corrected chi connectivity index (χ1v) is 16.4. The molecule has 1 aliphatic rings. The lowest BCUT2D eigenvalue weighted by atomic mass is 10.0. The second-order valence-corrected chi connectivity index (χ2v) is 13.0. The van der Waals surface area contributed by atoms with E-state index < -0.39 is 9.84 Å². The number of hydrogen-bond donors (Lipinski definition) is 2. The van der Waals surface area contributed by atoms with Gasteiger partial charge in [-0.2, -0.15) is 0 Å². The van der Waals surface area contributed by atoms with Gasteiger partial charge < -0.3 is 10.6 Å². The fourth-order valence-electron chi connectivity index (χ4n) is 5.26. The maximum atomic E-state index is 11.6. The van der Waals surface area contributed by atoms with Gasteiger partial charge in [-0.1, -0.05) is 72.8 Å². The molecule has 1 aromatic heterocycles. The van der Waals surface area contributed by atoms with Crippen LogP contribution in [0.25, 0.3) is 11.3 Å². The van der Waals surface area contributed by atoms with Crippen molar-refractivity contribution in [2.45, 2.75) is 49.8 Å². The highest BCUT2D eigenvalue weighted by molar-refractivity contribution is 7.90. The zero-order valence-electron chi connectivity index (χ0n) is 23.8. The van der Waals surface area contributed by atoms with Gasteiger partial charge in [0.15, 0.2) is 9.84 Å². The molecule has 214 valence electrons. The van der Waals surface area contributed by atoms with E-state index in [9.17, 15) is 8.42 Å². The average Bonchev–Trinajstić information content (AvgIpc) is 3.00. The van der Waals surface area contributed by atoms with Crippen molar-refractivity contribution in [1.29, 1.82) is 0 Å². The standard InChI is InChI=1S/C34H40N4O2S/c1-41(39,40)33-14-9-27(10-15-33)17-20-35-23-30-11-16-34(37-25-30)31-12-7-28(8-13-31)24-36-32-18-21-38(22-19-32)26-29-5-3-2-4-6-29/h2-16,25,32,35-36H,17-24,26H2,1H3. The third-order valence-corrected chi connectivity index (χ3v) is 8.91. The van der Waals surface area contributed by atoms with Crippen molar-refractivity contribution in [3.8, 4) is 11.3 Å². The number of rotatable bonds is 12. The molecule has 1 saturated heterocycles. The van der Waals surface area contributed by atoms with Gasteiger partial charge >= 0.3 is 0 Å². The van der Waals surface area contributed by atoms with E-state index in [1.54, 1.807) is 12.1 Å². The van der Waals surface area contributed by atoms with Gasteiger partial charge in [0.05, 0.1) is 10.6 Å². The van der Waals surface area contributed by atoms with Crippen LogP contribution in [0.1, 0.15) is 35.1 Å². The number of nitrogens with zero attached hydrogens (tertiary/aromatic N) is 2. The minimum absolute atomic E-state index is 0.359. The molecule has 0 bridgehead atoms. The van der Waals surface area contributed by atoms with Gasteiger partial charge in [0.2, 0.25) is 0 Å². The van der Waals surface area contributed by atoms with E-state index in [1.807, 2.05) is 18.3 Å². The van der Waals surface area contributed by atoms with E-state index in [1.165, 1.54) is 30.2 Å². The van der Waals surface area contributed by atoms with Gasteiger partial charge in [-0.3, -0.25) is 9.88 Å². The summed E-state index contributed by atoms with van der Waals surface area (Å²) in [6, 6.07) is 31.4. The zero-order chi connectivity index (χ0) is 28.5. The molecule has 3 aromatic carbocycles. The monoisotopic (exact) mass is 568 g/mol. The highest BCUT2D eigenvalue weighted by Crippen LogP contribution is 2.19. The quantitative estimate of drug-likeness (QED) is 0.228. The van der Waals surface area contributed by atoms with Crippen LogP contribution in [-0.2, 0) is 35.9 Å². The summed E-state index contributed by atoms with van der Waals surface area (Å²) in [6.07, 6.45) is 6.38. The van der Waals surface area contributed by atoms with Gasteiger partial charge in [-0.15, -0.1) is 0 Å². The van der Waals surface area contributed by atoms with Gasteiger partial charge in [-0.25, -0.2) is 8.42 Å². The SMILES string of the molecule is CS(=O)(=O)c1ccc(CCNCc2ccc(-c3ccc(CNC4CCN(Cc5ccccc5)CC4)cc3)nc2)cc1. The lowest BCUT2D eigenvalue weighted by Crippen LogP contribution is -2.41. The number of likely N-dealkylation sites (tertiary alicyclic amines) is 1. The molecular weight excluding hydrogens is 528 g/mol. The highest BCUT2D eigenvalue weighted by atomic mass is 32.2.